The number of hydrogen-bond acceptors (Lipinski definition) is 4. The number of hydrogen-bond donors (Lipinski definition) is 1. The predicted octanol–water partition coefficient (Wildman–Crippen LogP) is 1.62. The molecule has 0 aliphatic carbocycles. The van der Waals surface area contributed by atoms with Crippen LogP contribution in [0.4, 0.5) is 5.82 Å². The second-order valence-electron chi connectivity index (χ2n) is 2.62. The van der Waals surface area contributed by atoms with Crippen molar-refractivity contribution < 1.29 is 4.74 Å². The molecule has 0 saturated carbocycles. The standard InChI is InChI=1S/C9H15N3O/c1-4-10-8-7(3)9(13-5-2)12-6-11-8/h6H,4-5H2,1-3H3,(H,10,11,12). The average molecular weight is 181 g/mol. The van der Waals surface area contributed by atoms with Crippen molar-refractivity contribution in [1.82, 2.24) is 9.97 Å². The molecule has 0 unspecified atom stereocenters. The fourth-order valence-electron chi connectivity index (χ4n) is 1.06. The van der Waals surface area contributed by atoms with Crippen LogP contribution in [0.25, 0.3) is 0 Å². The van der Waals surface area contributed by atoms with Gasteiger partial charge in [0.2, 0.25) is 5.88 Å². The second kappa shape index (κ2) is 4.64. The molecular weight excluding hydrogens is 166 g/mol. The van der Waals surface area contributed by atoms with E-state index in [0.29, 0.717) is 12.5 Å². The number of ether oxygens (including phenoxy) is 1. The summed E-state index contributed by atoms with van der Waals surface area (Å²) in [7, 11) is 0. The maximum Gasteiger partial charge on any atom is 0.221 e. The van der Waals surface area contributed by atoms with Crippen LogP contribution in [-0.2, 0) is 0 Å². The van der Waals surface area contributed by atoms with Crippen LogP contribution in [0.1, 0.15) is 19.4 Å². The van der Waals surface area contributed by atoms with Gasteiger partial charge in [-0.3, -0.25) is 0 Å². The lowest BCUT2D eigenvalue weighted by molar-refractivity contribution is 0.324. The fraction of sp³-hybridized carbons (Fsp3) is 0.556. The summed E-state index contributed by atoms with van der Waals surface area (Å²) in [6.07, 6.45) is 1.51. The van der Waals surface area contributed by atoms with Crippen LogP contribution in [-0.4, -0.2) is 23.1 Å². The van der Waals surface area contributed by atoms with Crippen molar-refractivity contribution >= 4 is 5.82 Å². The fourth-order valence-corrected chi connectivity index (χ4v) is 1.06. The summed E-state index contributed by atoms with van der Waals surface area (Å²) in [4.78, 5) is 8.15. The van der Waals surface area contributed by atoms with Crippen molar-refractivity contribution in [3.8, 4) is 5.88 Å². The molecule has 0 amide bonds. The molecule has 0 radical (unpaired) electrons. The first-order valence-electron chi connectivity index (χ1n) is 4.47. The van der Waals surface area contributed by atoms with Crippen molar-refractivity contribution in [1.29, 1.82) is 0 Å². The Morgan fingerprint density at radius 3 is 2.77 bits per heavy atom. The Morgan fingerprint density at radius 2 is 2.15 bits per heavy atom. The molecule has 4 nitrogen and oxygen atoms in total. The summed E-state index contributed by atoms with van der Waals surface area (Å²) in [6, 6.07) is 0. The van der Waals surface area contributed by atoms with E-state index in [9.17, 15) is 0 Å². The normalized spacial score (nSPS) is 9.77. The van der Waals surface area contributed by atoms with Gasteiger partial charge in [-0.25, -0.2) is 9.97 Å². The summed E-state index contributed by atoms with van der Waals surface area (Å²) in [5.41, 5.74) is 0.964. The van der Waals surface area contributed by atoms with Gasteiger partial charge in [0.15, 0.2) is 0 Å². The number of aromatic nitrogens is 2. The van der Waals surface area contributed by atoms with Crippen molar-refractivity contribution in [3.63, 3.8) is 0 Å². The van der Waals surface area contributed by atoms with Gasteiger partial charge in [0.05, 0.1) is 12.2 Å². The maximum absolute atomic E-state index is 5.33. The van der Waals surface area contributed by atoms with E-state index in [4.69, 9.17) is 4.74 Å². The summed E-state index contributed by atoms with van der Waals surface area (Å²) in [6.45, 7) is 7.40. The first kappa shape index (κ1) is 9.77. The van der Waals surface area contributed by atoms with Crippen molar-refractivity contribution in [2.45, 2.75) is 20.8 Å². The highest BCUT2D eigenvalue weighted by atomic mass is 16.5. The van der Waals surface area contributed by atoms with Crippen LogP contribution in [0.5, 0.6) is 5.88 Å². The highest BCUT2D eigenvalue weighted by molar-refractivity contribution is 5.47. The van der Waals surface area contributed by atoms with Crippen LogP contribution in [0.3, 0.4) is 0 Å². The molecule has 0 spiro atoms. The minimum atomic E-state index is 0.628. The lowest BCUT2D eigenvalue weighted by Crippen LogP contribution is -2.05. The van der Waals surface area contributed by atoms with E-state index in [1.54, 1.807) is 0 Å². The Labute approximate surface area is 78.4 Å². The van der Waals surface area contributed by atoms with Gasteiger partial charge >= 0.3 is 0 Å². The van der Waals surface area contributed by atoms with Crippen molar-refractivity contribution in [2.24, 2.45) is 0 Å². The van der Waals surface area contributed by atoms with Gasteiger partial charge in [0, 0.05) is 6.54 Å². The lowest BCUT2D eigenvalue weighted by atomic mass is 10.3. The predicted molar refractivity (Wildman–Crippen MR) is 52.1 cm³/mol. The van der Waals surface area contributed by atoms with Crippen LogP contribution in [0, 0.1) is 6.92 Å². The Morgan fingerprint density at radius 1 is 1.38 bits per heavy atom. The van der Waals surface area contributed by atoms with E-state index >= 15 is 0 Å². The molecular formula is C9H15N3O. The molecule has 1 N–H and O–H groups in total. The zero-order valence-electron chi connectivity index (χ0n) is 8.29. The van der Waals surface area contributed by atoms with Crippen molar-refractivity contribution in [2.75, 3.05) is 18.5 Å². The van der Waals surface area contributed by atoms with Gasteiger partial charge in [0.1, 0.15) is 12.1 Å². The van der Waals surface area contributed by atoms with E-state index in [2.05, 4.69) is 15.3 Å². The molecule has 0 aliphatic rings. The summed E-state index contributed by atoms with van der Waals surface area (Å²) < 4.78 is 5.33. The Kier molecular flexibility index (Phi) is 3.49. The van der Waals surface area contributed by atoms with Crippen LogP contribution in [0.2, 0.25) is 0 Å². The second-order valence-corrected chi connectivity index (χ2v) is 2.62. The summed E-state index contributed by atoms with van der Waals surface area (Å²) >= 11 is 0. The molecule has 1 aromatic heterocycles. The molecule has 0 aromatic carbocycles. The monoisotopic (exact) mass is 181 g/mol. The van der Waals surface area contributed by atoms with Gasteiger partial charge in [-0.2, -0.15) is 0 Å². The maximum atomic E-state index is 5.33. The molecule has 0 saturated heterocycles. The Hall–Kier alpha value is -1.32. The van der Waals surface area contributed by atoms with E-state index in [-0.39, 0.29) is 0 Å². The minimum Gasteiger partial charge on any atom is -0.478 e. The van der Waals surface area contributed by atoms with Gasteiger partial charge in [-0.05, 0) is 20.8 Å². The van der Waals surface area contributed by atoms with Gasteiger partial charge in [0.25, 0.3) is 0 Å². The number of nitrogens with one attached hydrogen (secondary N) is 1. The first-order chi connectivity index (χ1) is 6.29. The average Bonchev–Trinajstić information content (AvgIpc) is 2.13. The van der Waals surface area contributed by atoms with Crippen LogP contribution < -0.4 is 10.1 Å². The lowest BCUT2D eigenvalue weighted by Gasteiger charge is -2.09. The molecule has 0 fully saturated rings. The third-order valence-corrected chi connectivity index (χ3v) is 1.66. The SMILES string of the molecule is CCNc1ncnc(OCC)c1C. The van der Waals surface area contributed by atoms with E-state index in [1.807, 2.05) is 20.8 Å². The van der Waals surface area contributed by atoms with Crippen LogP contribution in [0.15, 0.2) is 6.33 Å². The third-order valence-electron chi connectivity index (χ3n) is 1.66. The largest absolute Gasteiger partial charge is 0.478 e. The Bertz CT molecular complexity index is 251. The van der Waals surface area contributed by atoms with Gasteiger partial charge in [-0.15, -0.1) is 0 Å². The minimum absolute atomic E-state index is 0.628. The van der Waals surface area contributed by atoms with Gasteiger partial charge in [-0.1, -0.05) is 0 Å². The zero-order valence-corrected chi connectivity index (χ0v) is 8.29. The number of nitrogens with zero attached hydrogens (tertiary/aromatic N) is 2. The molecule has 13 heavy (non-hydrogen) atoms. The summed E-state index contributed by atoms with van der Waals surface area (Å²) in [5.74, 6) is 1.51. The zero-order chi connectivity index (χ0) is 9.68. The third kappa shape index (κ3) is 2.31. The number of anilines is 1. The van der Waals surface area contributed by atoms with Gasteiger partial charge < -0.3 is 10.1 Å². The van der Waals surface area contributed by atoms with E-state index in [0.717, 1.165) is 17.9 Å². The van der Waals surface area contributed by atoms with Crippen LogP contribution >= 0.6 is 0 Å². The number of rotatable bonds is 4. The summed E-state index contributed by atoms with van der Waals surface area (Å²) in [5, 5.41) is 3.14. The molecule has 0 bridgehead atoms. The van der Waals surface area contributed by atoms with E-state index < -0.39 is 0 Å². The molecule has 1 rings (SSSR count). The molecule has 72 valence electrons. The van der Waals surface area contributed by atoms with E-state index in [1.165, 1.54) is 6.33 Å². The quantitative estimate of drug-likeness (QED) is 0.766. The highest BCUT2D eigenvalue weighted by Crippen LogP contribution is 2.19. The highest BCUT2D eigenvalue weighted by Gasteiger charge is 2.05. The smallest absolute Gasteiger partial charge is 0.221 e. The molecule has 0 aliphatic heterocycles. The molecule has 0 atom stereocenters. The van der Waals surface area contributed by atoms with Crippen molar-refractivity contribution in [3.05, 3.63) is 11.9 Å². The molecule has 1 heterocycles. The molecule has 1 aromatic rings. The Balaban J connectivity index is 2.89. The topological polar surface area (TPSA) is 47.0 Å². The first-order valence-corrected chi connectivity index (χ1v) is 4.47. The molecule has 4 heteroatoms.